The molecule has 8 heteroatoms. The summed E-state index contributed by atoms with van der Waals surface area (Å²) in [7, 11) is 0. The highest BCUT2D eigenvalue weighted by Gasteiger charge is 2.27. The Hall–Kier alpha value is -3.26. The predicted molar refractivity (Wildman–Crippen MR) is 138 cm³/mol. The van der Waals surface area contributed by atoms with E-state index in [4.69, 9.17) is 5.10 Å². The van der Waals surface area contributed by atoms with Crippen molar-refractivity contribution in [1.82, 2.24) is 20.2 Å². The number of hydrogen-bond acceptors (Lipinski definition) is 5. The van der Waals surface area contributed by atoms with Gasteiger partial charge in [-0.25, -0.2) is 9.80 Å². The third-order valence-electron chi connectivity index (χ3n) is 6.51. The lowest BCUT2D eigenvalue weighted by molar-refractivity contribution is -0.132. The van der Waals surface area contributed by atoms with Gasteiger partial charge < -0.3 is 15.5 Å². The van der Waals surface area contributed by atoms with Crippen LogP contribution in [0, 0.1) is 5.92 Å². The number of urea groups is 1. The molecule has 186 valence electrons. The minimum Gasteiger partial charge on any atom is -0.316 e. The molecule has 1 aromatic carbocycles. The average molecular weight is 477 g/mol. The lowest BCUT2D eigenvalue weighted by Gasteiger charge is -2.28. The van der Waals surface area contributed by atoms with Crippen LogP contribution in [0.15, 0.2) is 47.8 Å². The highest BCUT2D eigenvalue weighted by Crippen LogP contribution is 2.24. The SMILES string of the molecule is CC(C)NCCCCCN1N=C(c2ccc(NC(=O)N3Cc4ccncc4C3)cc2)C(C)CC1=O. The number of hydrazone groups is 1. The van der Waals surface area contributed by atoms with Crippen LogP contribution in [0.25, 0.3) is 0 Å². The molecule has 1 atom stereocenters. The van der Waals surface area contributed by atoms with Gasteiger partial charge in [-0.15, -0.1) is 0 Å². The van der Waals surface area contributed by atoms with Crippen LogP contribution in [0.5, 0.6) is 0 Å². The van der Waals surface area contributed by atoms with Crippen LogP contribution in [0.2, 0.25) is 0 Å². The van der Waals surface area contributed by atoms with E-state index < -0.39 is 0 Å². The molecular formula is C27H36N6O2. The van der Waals surface area contributed by atoms with Crippen LogP contribution in [0.4, 0.5) is 10.5 Å². The zero-order valence-corrected chi connectivity index (χ0v) is 21.0. The summed E-state index contributed by atoms with van der Waals surface area (Å²) in [6, 6.07) is 10.1. The van der Waals surface area contributed by atoms with Crippen molar-refractivity contribution in [2.75, 3.05) is 18.4 Å². The van der Waals surface area contributed by atoms with Crippen LogP contribution >= 0.6 is 0 Å². The number of pyridine rings is 1. The van der Waals surface area contributed by atoms with E-state index >= 15 is 0 Å². The maximum absolute atomic E-state index is 12.7. The average Bonchev–Trinajstić information content (AvgIpc) is 3.27. The first kappa shape index (κ1) is 24.9. The van der Waals surface area contributed by atoms with Crippen molar-refractivity contribution in [2.24, 2.45) is 11.0 Å². The fourth-order valence-electron chi connectivity index (χ4n) is 4.51. The Balaban J connectivity index is 1.32. The molecule has 4 rings (SSSR count). The summed E-state index contributed by atoms with van der Waals surface area (Å²) < 4.78 is 0. The van der Waals surface area contributed by atoms with Crippen molar-refractivity contribution in [2.45, 2.75) is 65.6 Å². The number of carbonyl (C=O) groups is 2. The molecule has 0 aliphatic carbocycles. The number of unbranched alkanes of at least 4 members (excludes halogenated alkanes) is 2. The number of fused-ring (bicyclic) bond motifs is 1. The van der Waals surface area contributed by atoms with Crippen LogP contribution in [0.1, 0.15) is 63.1 Å². The van der Waals surface area contributed by atoms with E-state index in [9.17, 15) is 9.59 Å². The Morgan fingerprint density at radius 1 is 1.09 bits per heavy atom. The van der Waals surface area contributed by atoms with Gasteiger partial charge in [-0.1, -0.05) is 39.3 Å². The van der Waals surface area contributed by atoms with Crippen molar-refractivity contribution < 1.29 is 9.59 Å². The Bertz CT molecular complexity index is 1040. The van der Waals surface area contributed by atoms with E-state index in [1.165, 1.54) is 0 Å². The van der Waals surface area contributed by atoms with Gasteiger partial charge in [0.05, 0.1) is 5.71 Å². The summed E-state index contributed by atoms with van der Waals surface area (Å²) in [5, 5.41) is 12.8. The zero-order valence-electron chi connectivity index (χ0n) is 21.0. The molecule has 1 aromatic heterocycles. The lowest BCUT2D eigenvalue weighted by Crippen LogP contribution is -2.37. The number of carbonyl (C=O) groups excluding carboxylic acids is 2. The molecule has 35 heavy (non-hydrogen) atoms. The zero-order chi connectivity index (χ0) is 24.8. The van der Waals surface area contributed by atoms with Gasteiger partial charge in [0.1, 0.15) is 0 Å². The van der Waals surface area contributed by atoms with Crippen molar-refractivity contribution in [3.8, 4) is 0 Å². The summed E-state index contributed by atoms with van der Waals surface area (Å²) in [5.74, 6) is 0.151. The molecule has 2 aromatic rings. The Morgan fingerprint density at radius 3 is 2.60 bits per heavy atom. The monoisotopic (exact) mass is 476 g/mol. The van der Waals surface area contributed by atoms with E-state index in [0.717, 1.165) is 53.9 Å². The quantitative estimate of drug-likeness (QED) is 0.526. The highest BCUT2D eigenvalue weighted by molar-refractivity contribution is 6.06. The molecule has 3 amide bonds. The second kappa shape index (κ2) is 11.4. The number of nitrogens with zero attached hydrogens (tertiary/aromatic N) is 4. The fourth-order valence-corrected chi connectivity index (χ4v) is 4.51. The van der Waals surface area contributed by atoms with Gasteiger partial charge in [0.2, 0.25) is 5.91 Å². The number of nitrogens with one attached hydrogen (secondary N) is 2. The Labute approximate surface area is 207 Å². The molecule has 0 fully saturated rings. The standard InChI is InChI=1S/C27H36N6O2/c1-19(2)29-12-5-4-6-14-33-25(34)15-20(3)26(31-33)21-7-9-24(10-8-21)30-27(35)32-17-22-11-13-28-16-23(22)18-32/h7-11,13,16,19-20,29H,4-6,12,14-15,17-18H2,1-3H3,(H,30,35). The Morgan fingerprint density at radius 2 is 1.86 bits per heavy atom. The second-order valence-corrected chi connectivity index (χ2v) is 9.78. The molecule has 0 saturated carbocycles. The summed E-state index contributed by atoms with van der Waals surface area (Å²) in [5.41, 5.74) is 4.87. The molecule has 2 aliphatic rings. The summed E-state index contributed by atoms with van der Waals surface area (Å²) in [6.07, 6.45) is 7.15. The first-order chi connectivity index (χ1) is 16.9. The van der Waals surface area contributed by atoms with E-state index in [2.05, 4.69) is 29.5 Å². The first-order valence-corrected chi connectivity index (χ1v) is 12.6. The normalized spacial score (nSPS) is 17.5. The number of anilines is 1. The van der Waals surface area contributed by atoms with Gasteiger partial charge in [-0.2, -0.15) is 5.10 Å². The lowest BCUT2D eigenvalue weighted by atomic mass is 9.93. The van der Waals surface area contributed by atoms with E-state index in [1.54, 1.807) is 16.1 Å². The minimum atomic E-state index is -0.127. The van der Waals surface area contributed by atoms with Crippen molar-refractivity contribution >= 4 is 23.3 Å². The molecule has 1 unspecified atom stereocenters. The predicted octanol–water partition coefficient (Wildman–Crippen LogP) is 4.37. The van der Waals surface area contributed by atoms with E-state index in [-0.39, 0.29) is 17.9 Å². The molecule has 0 radical (unpaired) electrons. The molecule has 0 spiro atoms. The van der Waals surface area contributed by atoms with Crippen molar-refractivity contribution in [1.29, 1.82) is 0 Å². The molecule has 3 heterocycles. The van der Waals surface area contributed by atoms with Gasteiger partial charge in [-0.3, -0.25) is 9.78 Å². The number of hydrogen-bond donors (Lipinski definition) is 2. The molecule has 2 N–H and O–H groups in total. The van der Waals surface area contributed by atoms with Crippen LogP contribution in [0.3, 0.4) is 0 Å². The number of benzene rings is 1. The van der Waals surface area contributed by atoms with Crippen molar-refractivity contribution in [3.05, 3.63) is 59.4 Å². The number of amides is 3. The van der Waals surface area contributed by atoms with Crippen LogP contribution < -0.4 is 10.6 Å². The van der Waals surface area contributed by atoms with Crippen LogP contribution in [-0.4, -0.2) is 51.7 Å². The highest BCUT2D eigenvalue weighted by atomic mass is 16.2. The summed E-state index contributed by atoms with van der Waals surface area (Å²) in [6.45, 7) is 9.15. The van der Waals surface area contributed by atoms with Gasteiger partial charge in [0.25, 0.3) is 0 Å². The number of rotatable bonds is 9. The fraction of sp³-hybridized carbons (Fsp3) is 0.481. The van der Waals surface area contributed by atoms with Crippen LogP contribution in [-0.2, 0) is 17.9 Å². The maximum atomic E-state index is 12.7. The summed E-state index contributed by atoms with van der Waals surface area (Å²) in [4.78, 5) is 31.2. The number of aromatic nitrogens is 1. The largest absolute Gasteiger partial charge is 0.322 e. The Kier molecular flexibility index (Phi) is 8.13. The van der Waals surface area contributed by atoms with E-state index in [0.29, 0.717) is 32.1 Å². The topological polar surface area (TPSA) is 89.9 Å². The van der Waals surface area contributed by atoms with E-state index in [1.807, 2.05) is 43.5 Å². The summed E-state index contributed by atoms with van der Waals surface area (Å²) >= 11 is 0. The van der Waals surface area contributed by atoms with Gasteiger partial charge >= 0.3 is 6.03 Å². The van der Waals surface area contributed by atoms with Crippen molar-refractivity contribution in [3.63, 3.8) is 0 Å². The van der Waals surface area contributed by atoms with Gasteiger partial charge in [0, 0.05) is 56.1 Å². The maximum Gasteiger partial charge on any atom is 0.322 e. The molecule has 0 saturated heterocycles. The molecule has 0 bridgehead atoms. The third kappa shape index (κ3) is 6.45. The van der Waals surface area contributed by atoms with Gasteiger partial charge in [0.15, 0.2) is 0 Å². The smallest absolute Gasteiger partial charge is 0.316 e. The van der Waals surface area contributed by atoms with Gasteiger partial charge in [-0.05, 0) is 54.3 Å². The third-order valence-corrected chi connectivity index (χ3v) is 6.51. The molecular weight excluding hydrogens is 440 g/mol. The second-order valence-electron chi connectivity index (χ2n) is 9.78. The molecule has 8 nitrogen and oxygen atoms in total. The minimum absolute atomic E-state index is 0.0612. The first-order valence-electron chi connectivity index (χ1n) is 12.6. The molecule has 2 aliphatic heterocycles.